The summed E-state index contributed by atoms with van der Waals surface area (Å²) in [6.07, 6.45) is 0. The lowest BCUT2D eigenvalue weighted by Crippen LogP contribution is -2.33. The number of carbonyl (C=O) groups is 1. The van der Waals surface area contributed by atoms with Crippen LogP contribution in [0.25, 0.3) is 10.9 Å². The monoisotopic (exact) mass is 386 g/mol. The number of carbonyl (C=O) groups excluding carboxylic acids is 1. The van der Waals surface area contributed by atoms with Crippen LogP contribution in [-0.4, -0.2) is 42.7 Å². The summed E-state index contributed by atoms with van der Waals surface area (Å²) in [6, 6.07) is 7.96. The van der Waals surface area contributed by atoms with Gasteiger partial charge in [0.05, 0.1) is 25.8 Å². The molecule has 0 N–H and O–H groups in total. The summed E-state index contributed by atoms with van der Waals surface area (Å²) < 4.78 is 12.7. The first-order chi connectivity index (χ1) is 13.0. The van der Waals surface area contributed by atoms with Crippen molar-refractivity contribution in [2.45, 2.75) is 20.4 Å². The quantitative estimate of drug-likeness (QED) is 0.613. The molecule has 27 heavy (non-hydrogen) atoms. The Balaban J connectivity index is 2.04. The maximum Gasteiger partial charge on any atom is 0.256 e. The maximum absolute atomic E-state index is 13.6. The second-order valence-electron chi connectivity index (χ2n) is 6.65. The minimum Gasteiger partial charge on any atom is -0.497 e. The van der Waals surface area contributed by atoms with Crippen LogP contribution >= 0.6 is 11.3 Å². The SMILES string of the molecule is COCCN(Cc1sccc1C)C(=O)c1c(C)n(C)c2ccc(OC)cc12. The summed E-state index contributed by atoms with van der Waals surface area (Å²) in [5.74, 6) is 0.774. The lowest BCUT2D eigenvalue weighted by atomic mass is 10.1. The number of hydrogen-bond donors (Lipinski definition) is 0. The van der Waals surface area contributed by atoms with Crippen LogP contribution < -0.4 is 4.74 Å². The Morgan fingerprint density at radius 2 is 2.00 bits per heavy atom. The van der Waals surface area contributed by atoms with Gasteiger partial charge in [0.15, 0.2) is 0 Å². The average molecular weight is 387 g/mol. The zero-order chi connectivity index (χ0) is 19.6. The molecule has 2 aromatic heterocycles. The third-order valence-corrected chi connectivity index (χ3v) is 6.08. The average Bonchev–Trinajstić information content (AvgIpc) is 3.18. The topological polar surface area (TPSA) is 43.7 Å². The summed E-state index contributed by atoms with van der Waals surface area (Å²) in [4.78, 5) is 16.6. The van der Waals surface area contributed by atoms with Crippen molar-refractivity contribution in [3.8, 4) is 5.75 Å². The Morgan fingerprint density at radius 1 is 1.22 bits per heavy atom. The summed E-state index contributed by atoms with van der Waals surface area (Å²) in [5, 5.41) is 2.99. The third-order valence-electron chi connectivity index (χ3n) is 5.07. The van der Waals surface area contributed by atoms with E-state index in [0.717, 1.165) is 27.9 Å². The molecule has 3 aromatic rings. The van der Waals surface area contributed by atoms with Crippen molar-refractivity contribution >= 4 is 28.1 Å². The second kappa shape index (κ2) is 8.15. The van der Waals surface area contributed by atoms with Crippen molar-refractivity contribution < 1.29 is 14.3 Å². The molecule has 2 heterocycles. The number of nitrogens with zero attached hydrogens (tertiary/aromatic N) is 2. The van der Waals surface area contributed by atoms with Gasteiger partial charge in [-0.25, -0.2) is 0 Å². The number of amides is 1. The van der Waals surface area contributed by atoms with E-state index in [-0.39, 0.29) is 5.91 Å². The molecule has 0 atom stereocenters. The molecule has 0 aliphatic carbocycles. The number of ether oxygens (including phenoxy) is 2. The number of aromatic nitrogens is 1. The fraction of sp³-hybridized carbons (Fsp3) is 0.381. The molecular weight excluding hydrogens is 360 g/mol. The molecule has 6 heteroatoms. The van der Waals surface area contributed by atoms with Gasteiger partial charge < -0.3 is 18.9 Å². The summed E-state index contributed by atoms with van der Waals surface area (Å²) in [6.45, 7) is 5.71. The van der Waals surface area contributed by atoms with Crippen molar-refractivity contribution in [2.24, 2.45) is 7.05 Å². The van der Waals surface area contributed by atoms with Gasteiger partial charge in [0.1, 0.15) is 5.75 Å². The summed E-state index contributed by atoms with van der Waals surface area (Å²) in [7, 11) is 5.29. The molecule has 0 radical (unpaired) electrons. The predicted octanol–water partition coefficient (Wildman–Crippen LogP) is 4.15. The zero-order valence-corrected chi connectivity index (χ0v) is 17.4. The van der Waals surface area contributed by atoms with E-state index >= 15 is 0 Å². The van der Waals surface area contributed by atoms with Crippen LogP contribution in [0.3, 0.4) is 0 Å². The zero-order valence-electron chi connectivity index (χ0n) is 16.5. The van der Waals surface area contributed by atoms with Crippen molar-refractivity contribution in [1.82, 2.24) is 9.47 Å². The van der Waals surface area contributed by atoms with Crippen molar-refractivity contribution in [3.63, 3.8) is 0 Å². The molecule has 144 valence electrons. The van der Waals surface area contributed by atoms with Crippen LogP contribution in [-0.2, 0) is 18.3 Å². The molecule has 0 spiro atoms. The van der Waals surface area contributed by atoms with Gasteiger partial charge in [-0.2, -0.15) is 0 Å². The highest BCUT2D eigenvalue weighted by Crippen LogP contribution is 2.30. The molecule has 0 bridgehead atoms. The summed E-state index contributed by atoms with van der Waals surface area (Å²) >= 11 is 1.68. The molecular formula is C21H26N2O3S. The normalized spacial score (nSPS) is 11.1. The Bertz CT molecular complexity index is 958. The van der Waals surface area contributed by atoms with Gasteiger partial charge in [0.25, 0.3) is 5.91 Å². The van der Waals surface area contributed by atoms with E-state index < -0.39 is 0 Å². The number of aryl methyl sites for hydroxylation is 2. The first kappa shape index (κ1) is 19.5. The first-order valence-corrected chi connectivity index (χ1v) is 9.80. The number of rotatable bonds is 7. The second-order valence-corrected chi connectivity index (χ2v) is 7.65. The van der Waals surface area contributed by atoms with Gasteiger partial charge in [-0.3, -0.25) is 4.79 Å². The van der Waals surface area contributed by atoms with Crippen LogP contribution in [0.2, 0.25) is 0 Å². The van der Waals surface area contributed by atoms with E-state index in [1.807, 2.05) is 37.1 Å². The van der Waals surface area contributed by atoms with E-state index in [1.54, 1.807) is 25.6 Å². The molecule has 1 amide bonds. The number of hydrogen-bond acceptors (Lipinski definition) is 4. The van der Waals surface area contributed by atoms with Crippen molar-refractivity contribution in [3.05, 3.63) is 51.3 Å². The molecule has 5 nitrogen and oxygen atoms in total. The molecule has 0 saturated carbocycles. The lowest BCUT2D eigenvalue weighted by Gasteiger charge is -2.22. The van der Waals surface area contributed by atoms with Crippen LogP contribution in [0.4, 0.5) is 0 Å². The number of methoxy groups -OCH3 is 2. The van der Waals surface area contributed by atoms with Crippen LogP contribution in [0.5, 0.6) is 5.75 Å². The van der Waals surface area contributed by atoms with Crippen molar-refractivity contribution in [2.75, 3.05) is 27.4 Å². The largest absolute Gasteiger partial charge is 0.497 e. The predicted molar refractivity (Wildman–Crippen MR) is 110 cm³/mol. The fourth-order valence-corrected chi connectivity index (χ4v) is 4.22. The van der Waals surface area contributed by atoms with Crippen LogP contribution in [0, 0.1) is 13.8 Å². The Kier molecular flexibility index (Phi) is 5.87. The molecule has 0 aliphatic heterocycles. The van der Waals surface area contributed by atoms with E-state index in [0.29, 0.717) is 19.7 Å². The highest BCUT2D eigenvalue weighted by atomic mass is 32.1. The number of thiophene rings is 1. The minimum absolute atomic E-state index is 0.0243. The Hall–Kier alpha value is -2.31. The number of fused-ring (bicyclic) bond motifs is 1. The Labute approximate surface area is 164 Å². The van der Waals surface area contributed by atoms with Gasteiger partial charge in [-0.15, -0.1) is 11.3 Å². The van der Waals surface area contributed by atoms with Gasteiger partial charge >= 0.3 is 0 Å². The lowest BCUT2D eigenvalue weighted by molar-refractivity contribution is 0.0683. The first-order valence-electron chi connectivity index (χ1n) is 8.92. The van der Waals surface area contributed by atoms with Gasteiger partial charge in [-0.05, 0) is 49.1 Å². The molecule has 0 fully saturated rings. The van der Waals surface area contributed by atoms with E-state index in [1.165, 1.54) is 10.4 Å². The van der Waals surface area contributed by atoms with E-state index in [9.17, 15) is 4.79 Å². The van der Waals surface area contributed by atoms with Crippen molar-refractivity contribution in [1.29, 1.82) is 0 Å². The molecule has 0 aliphatic rings. The van der Waals surface area contributed by atoms with Gasteiger partial charge in [0.2, 0.25) is 0 Å². The highest BCUT2D eigenvalue weighted by molar-refractivity contribution is 7.10. The molecule has 3 rings (SSSR count). The van der Waals surface area contributed by atoms with Gasteiger partial charge in [-0.1, -0.05) is 0 Å². The highest BCUT2D eigenvalue weighted by Gasteiger charge is 2.24. The minimum atomic E-state index is 0.0243. The standard InChI is InChI=1S/C21H26N2O3S/c1-14-8-11-27-19(14)13-23(9-10-25-4)21(24)20-15(2)22(3)18-7-6-16(26-5)12-17(18)20/h6-8,11-12H,9-10,13H2,1-5H3. The Morgan fingerprint density at radius 3 is 2.63 bits per heavy atom. The van der Waals surface area contributed by atoms with E-state index in [4.69, 9.17) is 9.47 Å². The van der Waals surface area contributed by atoms with Crippen LogP contribution in [0.15, 0.2) is 29.6 Å². The third kappa shape index (κ3) is 3.73. The van der Waals surface area contributed by atoms with Gasteiger partial charge in [0, 0.05) is 42.2 Å². The smallest absolute Gasteiger partial charge is 0.256 e. The van der Waals surface area contributed by atoms with Crippen LogP contribution in [0.1, 0.15) is 26.5 Å². The summed E-state index contributed by atoms with van der Waals surface area (Å²) in [5.41, 5.74) is 3.92. The maximum atomic E-state index is 13.6. The van der Waals surface area contributed by atoms with E-state index in [2.05, 4.69) is 22.9 Å². The molecule has 0 saturated heterocycles. The molecule has 1 aromatic carbocycles. The number of benzene rings is 1. The fourth-order valence-electron chi connectivity index (χ4n) is 3.30. The molecule has 0 unspecified atom stereocenters.